The predicted molar refractivity (Wildman–Crippen MR) is 161 cm³/mol. The van der Waals surface area contributed by atoms with Crippen LogP contribution in [0.15, 0.2) is 121 Å². The molecule has 0 aliphatic heterocycles. The number of hydrogen-bond acceptors (Lipinski definition) is 2. The van der Waals surface area contributed by atoms with Crippen molar-refractivity contribution in [3.8, 4) is 11.1 Å². The summed E-state index contributed by atoms with van der Waals surface area (Å²) < 4.78 is 0. The molecule has 1 amide bonds. The molecule has 4 nitrogen and oxygen atoms in total. The molecule has 0 fully saturated rings. The fourth-order valence-electron chi connectivity index (χ4n) is 5.03. The second-order valence-corrected chi connectivity index (χ2v) is 10.5. The molecule has 0 aliphatic carbocycles. The lowest BCUT2D eigenvalue weighted by Gasteiger charge is -2.30. The minimum absolute atomic E-state index is 0.198. The monoisotopic (exact) mass is 527 g/mol. The summed E-state index contributed by atoms with van der Waals surface area (Å²) in [4.78, 5) is 28.2. The average molecular weight is 528 g/mol. The first kappa shape index (κ1) is 26.9. The van der Waals surface area contributed by atoms with Gasteiger partial charge in [-0.25, -0.2) is 4.79 Å². The highest BCUT2D eigenvalue weighted by molar-refractivity contribution is 6.00. The van der Waals surface area contributed by atoms with E-state index in [0.29, 0.717) is 11.5 Å². The van der Waals surface area contributed by atoms with E-state index < -0.39 is 12.0 Å². The van der Waals surface area contributed by atoms with Gasteiger partial charge in [0.1, 0.15) is 6.04 Å². The molecule has 0 heterocycles. The van der Waals surface area contributed by atoms with E-state index >= 15 is 0 Å². The van der Waals surface area contributed by atoms with E-state index in [-0.39, 0.29) is 18.9 Å². The van der Waals surface area contributed by atoms with E-state index in [1.54, 1.807) is 6.07 Å². The number of carboxylic acid groups (broad SMARTS) is 1. The maximum absolute atomic E-state index is 14.0. The topological polar surface area (TPSA) is 57.6 Å². The molecular weight excluding hydrogens is 494 g/mol. The summed E-state index contributed by atoms with van der Waals surface area (Å²) in [6.45, 7) is 4.46. The van der Waals surface area contributed by atoms with Gasteiger partial charge in [0.2, 0.25) is 0 Å². The fourth-order valence-corrected chi connectivity index (χ4v) is 5.03. The summed E-state index contributed by atoms with van der Waals surface area (Å²) >= 11 is 0. The van der Waals surface area contributed by atoms with E-state index in [2.05, 4.69) is 26.0 Å². The Labute approximate surface area is 235 Å². The lowest BCUT2D eigenvalue weighted by atomic mass is 9.98. The van der Waals surface area contributed by atoms with Crippen LogP contribution in [0.25, 0.3) is 21.9 Å². The van der Waals surface area contributed by atoms with Crippen LogP contribution in [-0.2, 0) is 17.8 Å². The van der Waals surface area contributed by atoms with Crippen LogP contribution in [-0.4, -0.2) is 27.9 Å². The zero-order chi connectivity index (χ0) is 28.1. The summed E-state index contributed by atoms with van der Waals surface area (Å²) in [6, 6.07) is 38.4. The van der Waals surface area contributed by atoms with Gasteiger partial charge in [-0.3, -0.25) is 4.79 Å². The van der Waals surface area contributed by atoms with Crippen molar-refractivity contribution in [3.05, 3.63) is 144 Å². The zero-order valence-corrected chi connectivity index (χ0v) is 22.8. The van der Waals surface area contributed by atoms with E-state index in [4.69, 9.17) is 0 Å². The quantitative estimate of drug-likeness (QED) is 0.211. The van der Waals surface area contributed by atoms with Gasteiger partial charge in [0.15, 0.2) is 0 Å². The number of benzene rings is 5. The molecular formula is C36H33NO3. The van der Waals surface area contributed by atoms with Gasteiger partial charge in [0.25, 0.3) is 5.91 Å². The number of nitrogens with zero attached hydrogens (tertiary/aromatic N) is 1. The van der Waals surface area contributed by atoms with Crippen molar-refractivity contribution in [2.45, 2.75) is 38.8 Å². The number of carbonyl (C=O) groups excluding carboxylic acids is 1. The van der Waals surface area contributed by atoms with Crippen LogP contribution in [0.3, 0.4) is 0 Å². The van der Waals surface area contributed by atoms with Crippen LogP contribution in [0, 0.1) is 0 Å². The minimum Gasteiger partial charge on any atom is -0.480 e. The lowest BCUT2D eigenvalue weighted by molar-refractivity contribution is -0.142. The van der Waals surface area contributed by atoms with Crippen LogP contribution in [0.2, 0.25) is 0 Å². The van der Waals surface area contributed by atoms with Crippen molar-refractivity contribution in [2.75, 3.05) is 0 Å². The van der Waals surface area contributed by atoms with E-state index in [0.717, 1.165) is 33.0 Å². The molecule has 0 bridgehead atoms. The Kier molecular flexibility index (Phi) is 8.07. The number of hydrogen-bond donors (Lipinski definition) is 1. The third kappa shape index (κ3) is 6.13. The van der Waals surface area contributed by atoms with Crippen LogP contribution in [0.1, 0.15) is 46.8 Å². The van der Waals surface area contributed by atoms with Crippen molar-refractivity contribution in [2.24, 2.45) is 0 Å². The second kappa shape index (κ2) is 12.0. The van der Waals surface area contributed by atoms with Crippen LogP contribution in [0.5, 0.6) is 0 Å². The van der Waals surface area contributed by atoms with Gasteiger partial charge in [-0.2, -0.15) is 0 Å². The standard InChI is InChI=1S/C36H33NO3/c1-25(2)28-16-14-27(15-17-28)24-37(35(38)33-21-20-30-10-6-7-11-32(30)23-33)34(36(39)40)22-26-12-18-31(19-13-26)29-8-4-3-5-9-29/h3-21,23,25,34H,22,24H2,1-2H3,(H,39,40)/t34-/m1/s1. The van der Waals surface area contributed by atoms with Gasteiger partial charge in [-0.1, -0.05) is 123 Å². The molecule has 0 saturated carbocycles. The predicted octanol–water partition coefficient (Wildman–Crippen LogP) is 7.97. The Morgan fingerprint density at radius 3 is 1.93 bits per heavy atom. The van der Waals surface area contributed by atoms with Gasteiger partial charge in [-0.15, -0.1) is 0 Å². The zero-order valence-electron chi connectivity index (χ0n) is 22.8. The normalized spacial score (nSPS) is 11.9. The van der Waals surface area contributed by atoms with Gasteiger partial charge in [0.05, 0.1) is 0 Å². The minimum atomic E-state index is -1.04. The van der Waals surface area contributed by atoms with Crippen LogP contribution in [0.4, 0.5) is 0 Å². The molecule has 4 heteroatoms. The number of rotatable bonds is 9. The fraction of sp³-hybridized carbons (Fsp3) is 0.167. The van der Waals surface area contributed by atoms with Gasteiger partial charge in [0, 0.05) is 18.5 Å². The Hall–Kier alpha value is -4.70. The molecule has 5 aromatic carbocycles. The highest BCUT2D eigenvalue weighted by Gasteiger charge is 2.31. The molecule has 5 aromatic rings. The van der Waals surface area contributed by atoms with Crippen molar-refractivity contribution < 1.29 is 14.7 Å². The number of carbonyl (C=O) groups is 2. The molecule has 40 heavy (non-hydrogen) atoms. The van der Waals surface area contributed by atoms with Crippen LogP contribution < -0.4 is 0 Å². The van der Waals surface area contributed by atoms with Crippen molar-refractivity contribution in [1.82, 2.24) is 4.90 Å². The first-order valence-corrected chi connectivity index (χ1v) is 13.6. The third-order valence-electron chi connectivity index (χ3n) is 7.41. The molecule has 1 atom stereocenters. The summed E-state index contributed by atoms with van der Waals surface area (Å²) in [5, 5.41) is 12.4. The number of aliphatic carboxylic acids is 1. The molecule has 0 aliphatic rings. The largest absolute Gasteiger partial charge is 0.480 e. The van der Waals surface area contributed by atoms with Gasteiger partial charge < -0.3 is 10.0 Å². The Bertz CT molecular complexity index is 1610. The smallest absolute Gasteiger partial charge is 0.326 e. The first-order chi connectivity index (χ1) is 19.4. The molecule has 0 saturated heterocycles. The SMILES string of the molecule is CC(C)c1ccc(CN(C(=O)c2ccc3ccccc3c2)[C@H](Cc2ccc(-c3ccccc3)cc2)C(=O)O)cc1. The maximum atomic E-state index is 14.0. The molecule has 0 spiro atoms. The maximum Gasteiger partial charge on any atom is 0.326 e. The van der Waals surface area contributed by atoms with Gasteiger partial charge >= 0.3 is 5.97 Å². The van der Waals surface area contributed by atoms with E-state index in [1.807, 2.05) is 103 Å². The molecule has 0 radical (unpaired) electrons. The summed E-state index contributed by atoms with van der Waals surface area (Å²) in [5.74, 6) is -0.943. The Morgan fingerprint density at radius 1 is 0.675 bits per heavy atom. The summed E-state index contributed by atoms with van der Waals surface area (Å²) in [5.41, 5.74) is 5.59. The summed E-state index contributed by atoms with van der Waals surface area (Å²) in [7, 11) is 0. The first-order valence-electron chi connectivity index (χ1n) is 13.6. The Morgan fingerprint density at radius 2 is 1.27 bits per heavy atom. The number of amides is 1. The highest BCUT2D eigenvalue weighted by atomic mass is 16.4. The highest BCUT2D eigenvalue weighted by Crippen LogP contribution is 2.24. The molecule has 200 valence electrons. The lowest BCUT2D eigenvalue weighted by Crippen LogP contribution is -2.46. The van der Waals surface area contributed by atoms with E-state index in [9.17, 15) is 14.7 Å². The second-order valence-electron chi connectivity index (χ2n) is 10.5. The van der Waals surface area contributed by atoms with Crippen molar-refractivity contribution in [1.29, 1.82) is 0 Å². The van der Waals surface area contributed by atoms with E-state index in [1.165, 1.54) is 10.5 Å². The number of carboxylic acids is 1. The van der Waals surface area contributed by atoms with Crippen LogP contribution >= 0.6 is 0 Å². The summed E-state index contributed by atoms with van der Waals surface area (Å²) in [6.07, 6.45) is 0.202. The molecule has 1 N–H and O–H groups in total. The van der Waals surface area contributed by atoms with Gasteiger partial charge in [-0.05, 0) is 56.6 Å². The molecule has 0 aromatic heterocycles. The van der Waals surface area contributed by atoms with Crippen molar-refractivity contribution in [3.63, 3.8) is 0 Å². The third-order valence-corrected chi connectivity index (χ3v) is 7.41. The van der Waals surface area contributed by atoms with Crippen molar-refractivity contribution >= 4 is 22.6 Å². The average Bonchev–Trinajstić information content (AvgIpc) is 2.99. The molecule has 5 rings (SSSR count). The molecule has 0 unspecified atom stereocenters. The number of fused-ring (bicyclic) bond motifs is 1. The Balaban J connectivity index is 1.48.